The Hall–Kier alpha value is -2.98. The van der Waals surface area contributed by atoms with Gasteiger partial charge in [0.25, 0.3) is 11.5 Å². The van der Waals surface area contributed by atoms with Crippen LogP contribution in [0.15, 0.2) is 47.0 Å². The number of nitrogens with zero attached hydrogens (tertiary/aromatic N) is 1. The van der Waals surface area contributed by atoms with Crippen LogP contribution in [0.3, 0.4) is 0 Å². The Balaban J connectivity index is 1.89. The normalized spacial score (nSPS) is 16.8. The lowest BCUT2D eigenvalue weighted by Crippen LogP contribution is -2.25. The molecule has 1 unspecified atom stereocenters. The van der Waals surface area contributed by atoms with Crippen molar-refractivity contribution in [2.75, 3.05) is 6.26 Å². The van der Waals surface area contributed by atoms with E-state index in [0.717, 1.165) is 6.26 Å². The maximum Gasteiger partial charge on any atom is 0.274 e. The van der Waals surface area contributed by atoms with Crippen LogP contribution in [0.4, 0.5) is 0 Å². The summed E-state index contributed by atoms with van der Waals surface area (Å²) in [6, 6.07) is 4.17. The molecule has 0 radical (unpaired) electrons. The maximum atomic E-state index is 12.2. The molecule has 27 heavy (non-hydrogen) atoms. The minimum atomic E-state index is -3.35. The Labute approximate surface area is 154 Å². The van der Waals surface area contributed by atoms with Crippen molar-refractivity contribution in [2.45, 2.75) is 18.3 Å². The van der Waals surface area contributed by atoms with E-state index in [4.69, 9.17) is 9.94 Å². The molecule has 10 heteroatoms. The average Bonchev–Trinajstić information content (AvgIpc) is 2.64. The van der Waals surface area contributed by atoms with Crippen LogP contribution in [-0.4, -0.2) is 41.0 Å². The van der Waals surface area contributed by atoms with E-state index in [1.165, 1.54) is 23.7 Å². The standard InChI is InChI=1S/C17H17N3O6S/c1-27(24,25)14-5-3-2-4-13(14)26-9-15-18-12-8-10(16(21)20-23)6-7-11(12)17(22)19-15/h2-4,6-8,14,23H,5,9H2,1H3,(H,20,21)(H,18,19,22). The van der Waals surface area contributed by atoms with E-state index in [9.17, 15) is 18.0 Å². The van der Waals surface area contributed by atoms with E-state index in [-0.39, 0.29) is 34.7 Å². The van der Waals surface area contributed by atoms with E-state index < -0.39 is 26.6 Å². The summed E-state index contributed by atoms with van der Waals surface area (Å²) in [4.78, 5) is 30.5. The number of rotatable bonds is 5. The second kappa shape index (κ2) is 7.33. The molecule has 0 saturated heterocycles. The smallest absolute Gasteiger partial charge is 0.274 e. The van der Waals surface area contributed by atoms with Crippen molar-refractivity contribution in [3.05, 3.63) is 63.9 Å². The molecule has 1 aliphatic rings. The molecule has 142 valence electrons. The zero-order valence-corrected chi connectivity index (χ0v) is 15.1. The first-order chi connectivity index (χ1) is 12.8. The summed E-state index contributed by atoms with van der Waals surface area (Å²) < 4.78 is 29.4. The van der Waals surface area contributed by atoms with Crippen LogP contribution in [0.2, 0.25) is 0 Å². The zero-order chi connectivity index (χ0) is 19.6. The van der Waals surface area contributed by atoms with Crippen LogP contribution < -0.4 is 11.0 Å². The predicted octanol–water partition coefficient (Wildman–Crippen LogP) is 0.816. The Morgan fingerprint density at radius 1 is 1.44 bits per heavy atom. The molecule has 0 saturated carbocycles. The quantitative estimate of drug-likeness (QED) is 0.506. The fraction of sp³-hybridized carbons (Fsp3) is 0.235. The highest BCUT2D eigenvalue weighted by Gasteiger charge is 2.27. The molecule has 3 rings (SSSR count). The monoisotopic (exact) mass is 391 g/mol. The molecule has 1 atom stereocenters. The van der Waals surface area contributed by atoms with E-state index in [1.54, 1.807) is 18.2 Å². The number of ether oxygens (including phenoxy) is 1. The van der Waals surface area contributed by atoms with Crippen molar-refractivity contribution in [3.8, 4) is 0 Å². The number of hydroxylamine groups is 1. The molecule has 1 aromatic heterocycles. The number of carbonyl (C=O) groups excluding carboxylic acids is 1. The van der Waals surface area contributed by atoms with Gasteiger partial charge in [-0.2, -0.15) is 0 Å². The van der Waals surface area contributed by atoms with Crippen LogP contribution in [0.1, 0.15) is 22.6 Å². The number of fused-ring (bicyclic) bond motifs is 1. The fourth-order valence-electron chi connectivity index (χ4n) is 2.73. The fourth-order valence-corrected chi connectivity index (χ4v) is 3.76. The largest absolute Gasteiger partial charge is 0.489 e. The SMILES string of the molecule is CS(=O)(=O)C1CC=CC=C1OCc1nc2cc(C(=O)NO)ccc2c(=O)[nH]1. The van der Waals surface area contributed by atoms with Gasteiger partial charge >= 0.3 is 0 Å². The number of sulfone groups is 1. The second-order valence-electron chi connectivity index (χ2n) is 6.03. The van der Waals surface area contributed by atoms with Gasteiger partial charge in [-0.1, -0.05) is 12.2 Å². The lowest BCUT2D eigenvalue weighted by molar-refractivity contribution is 0.0706. The Morgan fingerprint density at radius 3 is 2.93 bits per heavy atom. The molecule has 1 aliphatic carbocycles. The predicted molar refractivity (Wildman–Crippen MR) is 96.9 cm³/mol. The molecule has 0 fully saturated rings. The number of benzene rings is 1. The number of nitrogens with one attached hydrogen (secondary N) is 2. The Morgan fingerprint density at radius 2 is 2.22 bits per heavy atom. The Kier molecular flexibility index (Phi) is 5.10. The van der Waals surface area contributed by atoms with Gasteiger partial charge in [0.1, 0.15) is 23.4 Å². The third kappa shape index (κ3) is 4.07. The summed E-state index contributed by atoms with van der Waals surface area (Å²) in [5, 5.41) is 8.20. The molecule has 1 aromatic carbocycles. The van der Waals surface area contributed by atoms with Crippen molar-refractivity contribution >= 4 is 26.6 Å². The minimum absolute atomic E-state index is 0.132. The first kappa shape index (κ1) is 18.8. The number of hydrogen-bond donors (Lipinski definition) is 3. The molecule has 0 spiro atoms. The summed E-state index contributed by atoms with van der Waals surface area (Å²) in [7, 11) is -3.35. The van der Waals surface area contributed by atoms with Crippen molar-refractivity contribution in [3.63, 3.8) is 0 Å². The van der Waals surface area contributed by atoms with Gasteiger partial charge in [0, 0.05) is 11.8 Å². The van der Waals surface area contributed by atoms with Crippen molar-refractivity contribution in [2.24, 2.45) is 0 Å². The van der Waals surface area contributed by atoms with Gasteiger partial charge in [0.2, 0.25) is 0 Å². The van der Waals surface area contributed by atoms with Crippen molar-refractivity contribution in [1.82, 2.24) is 15.4 Å². The summed E-state index contributed by atoms with van der Waals surface area (Å²) in [5.41, 5.74) is 1.47. The van der Waals surface area contributed by atoms with E-state index in [2.05, 4.69) is 9.97 Å². The number of aromatic nitrogens is 2. The Bertz CT molecular complexity index is 1120. The van der Waals surface area contributed by atoms with Gasteiger partial charge < -0.3 is 9.72 Å². The summed E-state index contributed by atoms with van der Waals surface area (Å²) in [5.74, 6) is -0.278. The molecule has 3 N–H and O–H groups in total. The summed E-state index contributed by atoms with van der Waals surface area (Å²) in [6.07, 6.45) is 6.46. The first-order valence-corrected chi connectivity index (χ1v) is 9.91. The number of H-pyrrole nitrogens is 1. The number of carbonyl (C=O) groups is 1. The molecular weight excluding hydrogens is 374 g/mol. The average molecular weight is 391 g/mol. The topological polar surface area (TPSA) is 138 Å². The minimum Gasteiger partial charge on any atom is -0.489 e. The van der Waals surface area contributed by atoms with Crippen LogP contribution in [0, 0.1) is 0 Å². The molecule has 1 amide bonds. The van der Waals surface area contributed by atoms with Crippen LogP contribution in [-0.2, 0) is 21.2 Å². The molecule has 2 aromatic rings. The molecule has 0 bridgehead atoms. The third-order valence-electron chi connectivity index (χ3n) is 4.08. The number of aromatic amines is 1. The third-order valence-corrected chi connectivity index (χ3v) is 5.53. The van der Waals surface area contributed by atoms with Crippen molar-refractivity contribution < 1.29 is 23.2 Å². The van der Waals surface area contributed by atoms with Gasteiger partial charge in [-0.3, -0.25) is 14.8 Å². The van der Waals surface area contributed by atoms with Crippen LogP contribution in [0.25, 0.3) is 10.9 Å². The molecule has 1 heterocycles. The first-order valence-electron chi connectivity index (χ1n) is 7.95. The summed E-state index contributed by atoms with van der Waals surface area (Å²) >= 11 is 0. The van der Waals surface area contributed by atoms with Gasteiger partial charge in [0.05, 0.1) is 10.9 Å². The highest BCUT2D eigenvalue weighted by molar-refractivity contribution is 7.91. The van der Waals surface area contributed by atoms with E-state index in [1.807, 2.05) is 0 Å². The van der Waals surface area contributed by atoms with Gasteiger partial charge in [-0.05, 0) is 30.7 Å². The summed E-state index contributed by atoms with van der Waals surface area (Å²) in [6.45, 7) is -0.146. The number of amides is 1. The number of hydrogen-bond acceptors (Lipinski definition) is 7. The maximum absolute atomic E-state index is 12.2. The lowest BCUT2D eigenvalue weighted by Gasteiger charge is -2.20. The van der Waals surface area contributed by atoms with Crippen LogP contribution in [0.5, 0.6) is 0 Å². The molecular formula is C17H17N3O6S. The molecule has 0 aliphatic heterocycles. The van der Waals surface area contributed by atoms with E-state index >= 15 is 0 Å². The van der Waals surface area contributed by atoms with Gasteiger partial charge in [0.15, 0.2) is 9.84 Å². The number of allylic oxidation sites excluding steroid dienone is 3. The molecule has 9 nitrogen and oxygen atoms in total. The second-order valence-corrected chi connectivity index (χ2v) is 8.25. The van der Waals surface area contributed by atoms with Gasteiger partial charge in [-0.25, -0.2) is 18.9 Å². The lowest BCUT2D eigenvalue weighted by atomic mass is 10.1. The zero-order valence-electron chi connectivity index (χ0n) is 14.3. The van der Waals surface area contributed by atoms with Crippen molar-refractivity contribution in [1.29, 1.82) is 0 Å². The highest BCUT2D eigenvalue weighted by atomic mass is 32.2. The van der Waals surface area contributed by atoms with Crippen LogP contribution >= 0.6 is 0 Å². The van der Waals surface area contributed by atoms with Gasteiger partial charge in [-0.15, -0.1) is 0 Å². The van der Waals surface area contributed by atoms with E-state index in [0.29, 0.717) is 6.42 Å². The highest BCUT2D eigenvalue weighted by Crippen LogP contribution is 2.22.